The lowest BCUT2D eigenvalue weighted by molar-refractivity contribution is -0.167. The molecule has 0 bridgehead atoms. The Bertz CT molecular complexity index is 1350. The topological polar surface area (TPSA) is 78.9 Å². The van der Waals surface area contributed by atoms with Crippen LogP contribution < -0.4 is 0 Å². The summed E-state index contributed by atoms with van der Waals surface area (Å²) < 4.78 is 16.7. The Kier molecular flexibility index (Phi) is 46.1. The third kappa shape index (κ3) is 46.9. The molecule has 6 nitrogen and oxygen atoms in total. The van der Waals surface area contributed by atoms with E-state index in [4.69, 9.17) is 14.2 Å². The highest BCUT2D eigenvalue weighted by Crippen LogP contribution is 2.12. The van der Waals surface area contributed by atoms with Crippen LogP contribution in [0.2, 0.25) is 0 Å². The molecule has 0 saturated heterocycles. The van der Waals surface area contributed by atoms with E-state index in [-0.39, 0.29) is 31.6 Å². The van der Waals surface area contributed by atoms with E-state index in [0.717, 1.165) is 89.9 Å². The van der Waals surface area contributed by atoms with Crippen molar-refractivity contribution in [1.29, 1.82) is 0 Å². The minimum absolute atomic E-state index is 0.126. The van der Waals surface area contributed by atoms with Gasteiger partial charge in [-0.25, -0.2) is 0 Å². The number of rotatable bonds is 42. The van der Waals surface area contributed by atoms with E-state index in [2.05, 4.69) is 87.6 Å². The lowest BCUT2D eigenvalue weighted by Crippen LogP contribution is -2.30. The number of allylic oxidation sites excluding steroid dienone is 20. The Morgan fingerprint density at radius 1 is 0.339 bits per heavy atom. The predicted octanol–water partition coefficient (Wildman–Crippen LogP) is 16.1. The van der Waals surface area contributed by atoms with Gasteiger partial charge in [-0.1, -0.05) is 213 Å². The first-order valence-electron chi connectivity index (χ1n) is 24.7. The molecule has 0 heterocycles. The van der Waals surface area contributed by atoms with E-state index in [1.807, 2.05) is 54.7 Å². The highest BCUT2D eigenvalue weighted by atomic mass is 16.6. The van der Waals surface area contributed by atoms with Gasteiger partial charge in [-0.2, -0.15) is 0 Å². The maximum Gasteiger partial charge on any atom is 0.306 e. The zero-order valence-electron chi connectivity index (χ0n) is 39.6. The minimum atomic E-state index is -0.833. The van der Waals surface area contributed by atoms with Crippen molar-refractivity contribution >= 4 is 17.9 Å². The van der Waals surface area contributed by atoms with Gasteiger partial charge in [0.1, 0.15) is 13.2 Å². The monoisotopic (exact) mass is 857 g/mol. The zero-order chi connectivity index (χ0) is 45.1. The predicted molar refractivity (Wildman–Crippen MR) is 265 cm³/mol. The van der Waals surface area contributed by atoms with Gasteiger partial charge in [0.15, 0.2) is 6.10 Å². The van der Waals surface area contributed by atoms with E-state index < -0.39 is 12.1 Å². The summed E-state index contributed by atoms with van der Waals surface area (Å²) in [6.07, 6.45) is 67.5. The molecule has 1 atom stereocenters. The number of carbonyl (C=O) groups is 3. The first-order chi connectivity index (χ1) is 30.5. The molecule has 0 radical (unpaired) electrons. The summed E-state index contributed by atoms with van der Waals surface area (Å²) >= 11 is 0. The molecule has 0 aromatic heterocycles. The summed E-state index contributed by atoms with van der Waals surface area (Å²) in [6, 6.07) is 0. The van der Waals surface area contributed by atoms with E-state index in [1.165, 1.54) is 57.8 Å². The number of carbonyl (C=O) groups excluding carboxylic acids is 3. The lowest BCUT2D eigenvalue weighted by atomic mass is 10.1. The molecule has 1 unspecified atom stereocenters. The Morgan fingerprint density at radius 3 is 1.13 bits per heavy atom. The molecular weight excluding hydrogens is 769 g/mol. The number of ether oxygens (including phenoxy) is 3. The molecule has 0 rings (SSSR count). The van der Waals surface area contributed by atoms with Gasteiger partial charge < -0.3 is 14.2 Å². The van der Waals surface area contributed by atoms with E-state index >= 15 is 0 Å². The molecule has 0 aliphatic carbocycles. The van der Waals surface area contributed by atoms with Crippen molar-refractivity contribution in [3.63, 3.8) is 0 Å². The van der Waals surface area contributed by atoms with Gasteiger partial charge in [0.25, 0.3) is 0 Å². The minimum Gasteiger partial charge on any atom is -0.462 e. The first kappa shape index (κ1) is 57.8. The summed E-state index contributed by atoms with van der Waals surface area (Å²) in [4.78, 5) is 37.9. The van der Waals surface area contributed by atoms with Gasteiger partial charge in [-0.15, -0.1) is 0 Å². The number of esters is 3. The normalized spacial score (nSPS) is 13.1. The highest BCUT2D eigenvalue weighted by molar-refractivity contribution is 5.71. The number of hydrogen-bond acceptors (Lipinski definition) is 6. The van der Waals surface area contributed by atoms with Crippen molar-refractivity contribution in [2.45, 2.75) is 200 Å². The van der Waals surface area contributed by atoms with Crippen LogP contribution in [-0.2, 0) is 28.6 Å². The van der Waals surface area contributed by atoms with Gasteiger partial charge >= 0.3 is 17.9 Å². The van der Waals surface area contributed by atoms with Crippen molar-refractivity contribution < 1.29 is 28.6 Å². The van der Waals surface area contributed by atoms with Crippen LogP contribution in [0, 0.1) is 0 Å². The van der Waals surface area contributed by atoms with Gasteiger partial charge in [-0.05, 0) is 83.5 Å². The fraction of sp³-hybridized carbons (Fsp3) is 0.589. The summed E-state index contributed by atoms with van der Waals surface area (Å²) in [5.74, 6) is -1.05. The SMILES string of the molecule is CC\C=C/C=C\C=C/C=C\C=C/CCCC(=O)OC(COC(=O)CCCCC/C=C\CCCCCCCC)COC(=O)CCCCCCC\C=C/C=C\C=C/C=C\CCCCC. The second-order valence-corrected chi connectivity index (χ2v) is 15.8. The largest absolute Gasteiger partial charge is 0.462 e. The van der Waals surface area contributed by atoms with Gasteiger partial charge in [0.05, 0.1) is 0 Å². The summed E-state index contributed by atoms with van der Waals surface area (Å²) in [7, 11) is 0. The quantitative estimate of drug-likeness (QED) is 0.0200. The highest BCUT2D eigenvalue weighted by Gasteiger charge is 2.19. The van der Waals surface area contributed by atoms with Crippen LogP contribution in [-0.4, -0.2) is 37.2 Å². The molecule has 0 aromatic carbocycles. The Hall–Kier alpha value is -4.19. The Balaban J connectivity index is 4.57. The standard InChI is InChI=1S/C56H88O6/c1-4-7-10-13-16-19-22-25-26-27-28-29-32-34-37-40-43-46-49-55(58)61-52-53(62-56(59)50-47-44-41-38-35-31-24-21-18-15-12-9-6-3)51-60-54(57)48-45-42-39-36-33-30-23-20-17-14-11-8-5-2/h9,12,15-16,18-19,21-22,24-31,33,35,38,41,53H,4-8,10-11,13-14,17,20,23,32,34,36-37,39-40,42-52H2,1-3H3/b12-9-,18-15-,19-16-,24-21-,25-22-,27-26-,29-28-,33-30-,35-31-,41-38-. The van der Waals surface area contributed by atoms with Crippen molar-refractivity contribution in [2.75, 3.05) is 13.2 Å². The van der Waals surface area contributed by atoms with Crippen LogP contribution in [0.1, 0.15) is 194 Å². The fourth-order valence-electron chi connectivity index (χ4n) is 6.18. The van der Waals surface area contributed by atoms with Gasteiger partial charge in [0, 0.05) is 19.3 Å². The average Bonchev–Trinajstić information content (AvgIpc) is 3.27. The molecule has 0 amide bonds. The fourth-order valence-corrected chi connectivity index (χ4v) is 6.18. The molecule has 0 aromatic rings. The Morgan fingerprint density at radius 2 is 0.661 bits per heavy atom. The number of unbranched alkanes of at least 4 members (excludes halogenated alkanes) is 18. The van der Waals surface area contributed by atoms with Crippen LogP contribution >= 0.6 is 0 Å². The third-order valence-electron chi connectivity index (χ3n) is 9.89. The van der Waals surface area contributed by atoms with Crippen molar-refractivity contribution in [3.05, 3.63) is 122 Å². The molecule has 0 saturated carbocycles. The van der Waals surface area contributed by atoms with Crippen LogP contribution in [0.5, 0.6) is 0 Å². The molecule has 0 N–H and O–H groups in total. The average molecular weight is 857 g/mol. The smallest absolute Gasteiger partial charge is 0.306 e. The molecule has 0 spiro atoms. The first-order valence-corrected chi connectivity index (χ1v) is 24.7. The zero-order valence-corrected chi connectivity index (χ0v) is 39.6. The maximum atomic E-state index is 12.7. The van der Waals surface area contributed by atoms with Crippen molar-refractivity contribution in [2.24, 2.45) is 0 Å². The van der Waals surface area contributed by atoms with E-state index in [1.54, 1.807) is 0 Å². The second kappa shape index (κ2) is 49.5. The molecular formula is C56H88O6. The van der Waals surface area contributed by atoms with Crippen LogP contribution in [0.15, 0.2) is 122 Å². The van der Waals surface area contributed by atoms with Gasteiger partial charge in [0.2, 0.25) is 0 Å². The lowest BCUT2D eigenvalue weighted by Gasteiger charge is -2.18. The van der Waals surface area contributed by atoms with Crippen molar-refractivity contribution in [1.82, 2.24) is 0 Å². The van der Waals surface area contributed by atoms with Crippen LogP contribution in [0.3, 0.4) is 0 Å². The molecule has 0 aliphatic heterocycles. The van der Waals surface area contributed by atoms with E-state index in [0.29, 0.717) is 19.3 Å². The molecule has 0 aliphatic rings. The third-order valence-corrected chi connectivity index (χ3v) is 9.89. The van der Waals surface area contributed by atoms with E-state index in [9.17, 15) is 14.4 Å². The van der Waals surface area contributed by atoms with Crippen molar-refractivity contribution in [3.8, 4) is 0 Å². The van der Waals surface area contributed by atoms with Gasteiger partial charge in [-0.3, -0.25) is 14.4 Å². The summed E-state index contributed by atoms with van der Waals surface area (Å²) in [5, 5.41) is 0. The van der Waals surface area contributed by atoms with Crippen LogP contribution in [0.25, 0.3) is 0 Å². The van der Waals surface area contributed by atoms with Crippen LogP contribution in [0.4, 0.5) is 0 Å². The summed E-state index contributed by atoms with van der Waals surface area (Å²) in [6.45, 7) is 6.32. The number of hydrogen-bond donors (Lipinski definition) is 0. The molecule has 6 heteroatoms. The maximum absolute atomic E-state index is 12.7. The summed E-state index contributed by atoms with van der Waals surface area (Å²) in [5.41, 5.74) is 0. The molecule has 62 heavy (non-hydrogen) atoms. The second-order valence-electron chi connectivity index (χ2n) is 15.8. The molecule has 0 fully saturated rings. The molecule has 348 valence electrons. The Labute approximate surface area is 380 Å².